The maximum absolute atomic E-state index is 11.3. The topological polar surface area (TPSA) is 90.6 Å². The van der Waals surface area contributed by atoms with Gasteiger partial charge < -0.3 is 20.5 Å². The first kappa shape index (κ1) is 14.8. The van der Waals surface area contributed by atoms with Gasteiger partial charge in [-0.3, -0.25) is 9.59 Å². The number of rotatable bonds is 7. The van der Waals surface area contributed by atoms with Gasteiger partial charge in [0.05, 0.1) is 25.1 Å². The van der Waals surface area contributed by atoms with Crippen molar-refractivity contribution in [1.82, 2.24) is 5.32 Å². The van der Waals surface area contributed by atoms with Crippen LogP contribution in [0, 0.1) is 0 Å². The second kappa shape index (κ2) is 7.97. The lowest BCUT2D eigenvalue weighted by atomic mass is 10.3. The van der Waals surface area contributed by atoms with E-state index in [0.29, 0.717) is 11.4 Å². The van der Waals surface area contributed by atoms with Crippen molar-refractivity contribution in [1.29, 1.82) is 0 Å². The Bertz CT molecular complexity index is 434. The van der Waals surface area contributed by atoms with E-state index in [-0.39, 0.29) is 32.0 Å². The van der Waals surface area contributed by atoms with Gasteiger partial charge in [0.25, 0.3) is 0 Å². The molecule has 1 aromatic rings. The lowest BCUT2D eigenvalue weighted by molar-refractivity contribution is -0.144. The monoisotopic (exact) mass is 266 g/mol. The molecule has 0 heterocycles. The molecule has 104 valence electrons. The van der Waals surface area contributed by atoms with Gasteiger partial charge in [0.15, 0.2) is 0 Å². The smallest absolute Gasteiger partial charge is 0.309 e. The van der Waals surface area contributed by atoms with E-state index in [1.54, 1.807) is 24.3 Å². The number of ether oxygens (including phenoxy) is 2. The van der Waals surface area contributed by atoms with E-state index in [2.05, 4.69) is 5.32 Å². The number of carbonyl (C=O) groups is 2. The zero-order valence-corrected chi connectivity index (χ0v) is 10.8. The molecule has 3 N–H and O–H groups in total. The molecular weight excluding hydrogens is 248 g/mol. The van der Waals surface area contributed by atoms with Gasteiger partial charge in [0, 0.05) is 7.05 Å². The zero-order valence-electron chi connectivity index (χ0n) is 10.8. The van der Waals surface area contributed by atoms with E-state index in [9.17, 15) is 9.59 Å². The van der Waals surface area contributed by atoms with Gasteiger partial charge in [-0.25, -0.2) is 0 Å². The van der Waals surface area contributed by atoms with Crippen LogP contribution in [0.1, 0.15) is 12.8 Å². The second-order valence-corrected chi connectivity index (χ2v) is 3.78. The Balaban J connectivity index is 2.17. The first-order chi connectivity index (χ1) is 9.13. The van der Waals surface area contributed by atoms with E-state index in [1.807, 2.05) is 0 Å². The molecule has 0 spiro atoms. The number of amides is 1. The standard InChI is InChI=1S/C13H18N2O4/c1-15-12(16)6-8-19-13(17)7-9-18-11-5-3-2-4-10(11)14/h2-5H,6-9,14H2,1H3,(H,15,16). The Morgan fingerprint density at radius 3 is 2.63 bits per heavy atom. The van der Waals surface area contributed by atoms with Crippen molar-refractivity contribution in [2.24, 2.45) is 0 Å². The molecule has 0 saturated carbocycles. The van der Waals surface area contributed by atoms with Gasteiger partial charge in [-0.2, -0.15) is 0 Å². The number of esters is 1. The molecule has 6 heteroatoms. The normalized spacial score (nSPS) is 9.74. The Kier molecular flexibility index (Phi) is 6.21. The van der Waals surface area contributed by atoms with Crippen molar-refractivity contribution in [2.75, 3.05) is 26.0 Å². The minimum Gasteiger partial charge on any atom is -0.491 e. The molecule has 1 amide bonds. The lowest BCUT2D eigenvalue weighted by Gasteiger charge is -2.08. The highest BCUT2D eigenvalue weighted by atomic mass is 16.5. The zero-order chi connectivity index (χ0) is 14.1. The second-order valence-electron chi connectivity index (χ2n) is 3.78. The van der Waals surface area contributed by atoms with Crippen LogP contribution in [0.15, 0.2) is 24.3 Å². The van der Waals surface area contributed by atoms with Crippen molar-refractivity contribution in [3.63, 3.8) is 0 Å². The molecule has 0 aliphatic rings. The Hall–Kier alpha value is -2.24. The van der Waals surface area contributed by atoms with E-state index >= 15 is 0 Å². The molecule has 0 aliphatic carbocycles. The fourth-order valence-electron chi connectivity index (χ4n) is 1.31. The van der Waals surface area contributed by atoms with Gasteiger partial charge >= 0.3 is 5.97 Å². The fourth-order valence-corrected chi connectivity index (χ4v) is 1.31. The first-order valence-corrected chi connectivity index (χ1v) is 5.97. The number of nitrogens with one attached hydrogen (secondary N) is 1. The largest absolute Gasteiger partial charge is 0.491 e. The molecule has 0 atom stereocenters. The van der Waals surface area contributed by atoms with E-state index in [4.69, 9.17) is 15.2 Å². The summed E-state index contributed by atoms with van der Waals surface area (Å²) in [6, 6.07) is 7.05. The summed E-state index contributed by atoms with van der Waals surface area (Å²) < 4.78 is 10.2. The van der Waals surface area contributed by atoms with Gasteiger partial charge in [-0.1, -0.05) is 12.1 Å². The predicted octanol–water partition coefficient (Wildman–Crippen LogP) is 0.717. The van der Waals surface area contributed by atoms with Crippen molar-refractivity contribution >= 4 is 17.6 Å². The van der Waals surface area contributed by atoms with Gasteiger partial charge in [0.2, 0.25) is 5.91 Å². The van der Waals surface area contributed by atoms with E-state index in [1.165, 1.54) is 7.05 Å². The third-order valence-electron chi connectivity index (χ3n) is 2.35. The minimum absolute atomic E-state index is 0.0754. The average molecular weight is 266 g/mol. The summed E-state index contributed by atoms with van der Waals surface area (Å²) >= 11 is 0. The molecule has 1 rings (SSSR count). The number of benzene rings is 1. The number of hydrogen-bond donors (Lipinski definition) is 2. The molecule has 0 bridgehead atoms. The van der Waals surface area contributed by atoms with E-state index in [0.717, 1.165) is 0 Å². The quantitative estimate of drug-likeness (QED) is 0.560. The van der Waals surface area contributed by atoms with Crippen LogP contribution in [-0.4, -0.2) is 32.1 Å². The van der Waals surface area contributed by atoms with Crippen LogP contribution in [0.5, 0.6) is 5.75 Å². The predicted molar refractivity (Wildman–Crippen MR) is 70.6 cm³/mol. The molecule has 0 saturated heterocycles. The van der Waals surface area contributed by atoms with Crippen LogP contribution >= 0.6 is 0 Å². The van der Waals surface area contributed by atoms with Gasteiger partial charge in [-0.15, -0.1) is 0 Å². The summed E-state index contributed by atoms with van der Waals surface area (Å²) in [7, 11) is 1.53. The third-order valence-corrected chi connectivity index (χ3v) is 2.35. The summed E-state index contributed by atoms with van der Waals surface area (Å²) in [5, 5.41) is 2.44. The van der Waals surface area contributed by atoms with Gasteiger partial charge in [0.1, 0.15) is 12.4 Å². The highest BCUT2D eigenvalue weighted by molar-refractivity contribution is 5.76. The van der Waals surface area contributed by atoms with Crippen molar-refractivity contribution < 1.29 is 19.1 Å². The molecular formula is C13H18N2O4. The minimum atomic E-state index is -0.404. The third kappa shape index (κ3) is 5.76. The molecule has 0 unspecified atom stereocenters. The van der Waals surface area contributed by atoms with Crippen LogP contribution < -0.4 is 15.8 Å². The summed E-state index contributed by atoms with van der Waals surface area (Å²) in [6.07, 6.45) is 0.275. The van der Waals surface area contributed by atoms with Crippen molar-refractivity contribution in [3.8, 4) is 5.75 Å². The number of carbonyl (C=O) groups excluding carboxylic acids is 2. The maximum Gasteiger partial charge on any atom is 0.309 e. The number of nitrogens with two attached hydrogens (primary N) is 1. The highest BCUT2D eigenvalue weighted by Crippen LogP contribution is 2.19. The fraction of sp³-hybridized carbons (Fsp3) is 0.385. The molecule has 19 heavy (non-hydrogen) atoms. The average Bonchev–Trinajstić information content (AvgIpc) is 2.40. The first-order valence-electron chi connectivity index (χ1n) is 5.97. The van der Waals surface area contributed by atoms with Crippen molar-refractivity contribution in [2.45, 2.75) is 12.8 Å². The van der Waals surface area contributed by atoms with Gasteiger partial charge in [-0.05, 0) is 12.1 Å². The highest BCUT2D eigenvalue weighted by Gasteiger charge is 2.06. The maximum atomic E-state index is 11.3. The number of para-hydroxylation sites is 2. The number of nitrogen functional groups attached to an aromatic ring is 1. The molecule has 1 aromatic carbocycles. The molecule has 0 aliphatic heterocycles. The summed E-state index contributed by atoms with van der Waals surface area (Å²) in [4.78, 5) is 22.2. The SMILES string of the molecule is CNC(=O)CCOC(=O)CCOc1ccccc1N. The van der Waals surface area contributed by atoms with Crippen LogP contribution in [0.2, 0.25) is 0 Å². The molecule has 0 radical (unpaired) electrons. The van der Waals surface area contributed by atoms with Crippen molar-refractivity contribution in [3.05, 3.63) is 24.3 Å². The molecule has 6 nitrogen and oxygen atoms in total. The Morgan fingerprint density at radius 2 is 1.95 bits per heavy atom. The molecule has 0 aromatic heterocycles. The van der Waals surface area contributed by atoms with E-state index < -0.39 is 5.97 Å². The summed E-state index contributed by atoms with van der Waals surface area (Å²) in [6.45, 7) is 0.263. The van der Waals surface area contributed by atoms with Crippen LogP contribution in [0.3, 0.4) is 0 Å². The summed E-state index contributed by atoms with van der Waals surface area (Å²) in [5.74, 6) is -0.0276. The molecule has 0 fully saturated rings. The number of anilines is 1. The number of hydrogen-bond acceptors (Lipinski definition) is 5. The van der Waals surface area contributed by atoms with Crippen LogP contribution in [0.4, 0.5) is 5.69 Å². The lowest BCUT2D eigenvalue weighted by Crippen LogP contribution is -2.20. The summed E-state index contributed by atoms with van der Waals surface area (Å²) in [5.41, 5.74) is 6.20. The van der Waals surface area contributed by atoms with Crippen LogP contribution in [0.25, 0.3) is 0 Å². The van der Waals surface area contributed by atoms with Crippen LogP contribution in [-0.2, 0) is 14.3 Å². The Morgan fingerprint density at radius 1 is 1.21 bits per heavy atom. The Labute approximate surface area is 111 Å².